The van der Waals surface area contributed by atoms with E-state index in [1.807, 2.05) is 12.1 Å². The third-order valence-electron chi connectivity index (χ3n) is 4.31. The highest BCUT2D eigenvalue weighted by Gasteiger charge is 2.58. The maximum absolute atomic E-state index is 12.8. The zero-order chi connectivity index (χ0) is 16.6. The number of halogens is 1. The van der Waals surface area contributed by atoms with E-state index in [4.69, 9.17) is 16.3 Å². The van der Waals surface area contributed by atoms with Gasteiger partial charge in [-0.25, -0.2) is 8.42 Å². The number of sulfone groups is 1. The van der Waals surface area contributed by atoms with Gasteiger partial charge in [-0.1, -0.05) is 23.7 Å². The fourth-order valence-electron chi connectivity index (χ4n) is 3.03. The minimum absolute atomic E-state index is 0.159. The van der Waals surface area contributed by atoms with Crippen LogP contribution in [0.2, 0.25) is 5.02 Å². The van der Waals surface area contributed by atoms with Crippen molar-refractivity contribution >= 4 is 21.4 Å². The maximum Gasteiger partial charge on any atom is 0.182 e. The van der Waals surface area contributed by atoms with Gasteiger partial charge in [0.15, 0.2) is 9.84 Å². The van der Waals surface area contributed by atoms with Crippen molar-refractivity contribution in [2.75, 3.05) is 13.7 Å². The van der Waals surface area contributed by atoms with Crippen LogP contribution in [0.1, 0.15) is 11.5 Å². The van der Waals surface area contributed by atoms with Crippen molar-refractivity contribution in [2.24, 2.45) is 5.92 Å². The first-order valence-electron chi connectivity index (χ1n) is 7.23. The van der Waals surface area contributed by atoms with Gasteiger partial charge in [0.05, 0.1) is 17.3 Å². The van der Waals surface area contributed by atoms with E-state index in [9.17, 15) is 13.5 Å². The summed E-state index contributed by atoms with van der Waals surface area (Å²) >= 11 is 5.82. The molecule has 0 radical (unpaired) electrons. The van der Waals surface area contributed by atoms with Crippen LogP contribution in [-0.4, -0.2) is 32.5 Å². The van der Waals surface area contributed by atoms with E-state index in [1.165, 1.54) is 12.1 Å². The molecule has 6 heteroatoms. The summed E-state index contributed by atoms with van der Waals surface area (Å²) in [7, 11) is -1.93. The molecule has 0 aromatic heterocycles. The Labute approximate surface area is 140 Å². The Bertz CT molecular complexity index is 784. The van der Waals surface area contributed by atoms with Gasteiger partial charge in [0.25, 0.3) is 0 Å². The summed E-state index contributed by atoms with van der Waals surface area (Å²) in [5, 5.41) is 9.43. The number of hydrogen-bond donors (Lipinski definition) is 1. The Morgan fingerprint density at radius 1 is 1.09 bits per heavy atom. The minimum atomic E-state index is -3.51. The van der Waals surface area contributed by atoms with Gasteiger partial charge in [0.1, 0.15) is 5.75 Å². The molecule has 0 heterocycles. The van der Waals surface area contributed by atoms with Crippen molar-refractivity contribution in [1.82, 2.24) is 0 Å². The SMILES string of the molecule is COc1ccc([C@@H]2[C@H](CO)[C@H]2S(=O)(=O)c2ccc(Cl)cc2)cc1. The standard InChI is InChI=1S/C17H17ClO4S/c1-22-13-6-2-11(3-7-13)16-15(10-19)17(16)23(20,21)14-8-4-12(18)5-9-14/h2-9,15-17,19H,10H2,1H3/t15-,16+,17+/m0/s1. The quantitative estimate of drug-likeness (QED) is 0.898. The Balaban J connectivity index is 1.90. The van der Waals surface area contributed by atoms with Crippen LogP contribution in [-0.2, 0) is 9.84 Å². The monoisotopic (exact) mass is 352 g/mol. The van der Waals surface area contributed by atoms with Crippen LogP contribution >= 0.6 is 11.6 Å². The molecule has 3 rings (SSSR count). The van der Waals surface area contributed by atoms with Gasteiger partial charge in [-0.15, -0.1) is 0 Å². The van der Waals surface area contributed by atoms with E-state index in [2.05, 4.69) is 0 Å². The average Bonchev–Trinajstić information content (AvgIpc) is 3.31. The summed E-state index contributed by atoms with van der Waals surface area (Å²) in [6, 6.07) is 13.4. The van der Waals surface area contributed by atoms with Crippen LogP contribution in [0, 0.1) is 5.92 Å². The van der Waals surface area contributed by atoms with Crippen LogP contribution in [0.4, 0.5) is 0 Å². The zero-order valence-corrected chi connectivity index (χ0v) is 14.1. The number of aliphatic hydroxyl groups is 1. The molecule has 0 bridgehead atoms. The molecule has 3 atom stereocenters. The van der Waals surface area contributed by atoms with Crippen molar-refractivity contribution in [3.63, 3.8) is 0 Å². The number of aliphatic hydroxyl groups excluding tert-OH is 1. The summed E-state index contributed by atoms with van der Waals surface area (Å²) in [5.41, 5.74) is 0.896. The molecule has 122 valence electrons. The van der Waals surface area contributed by atoms with E-state index in [0.29, 0.717) is 10.8 Å². The minimum Gasteiger partial charge on any atom is -0.497 e. The highest BCUT2D eigenvalue weighted by molar-refractivity contribution is 7.92. The molecule has 1 aliphatic rings. The molecule has 2 aromatic rings. The van der Waals surface area contributed by atoms with Crippen molar-refractivity contribution < 1.29 is 18.3 Å². The summed E-state index contributed by atoms with van der Waals surface area (Å²) in [6.07, 6.45) is 0. The lowest BCUT2D eigenvalue weighted by Gasteiger charge is -2.05. The molecular weight excluding hydrogens is 336 g/mol. The molecule has 4 nitrogen and oxygen atoms in total. The molecule has 0 unspecified atom stereocenters. The molecule has 2 aromatic carbocycles. The molecule has 0 saturated heterocycles. The van der Waals surface area contributed by atoms with Crippen LogP contribution in [0.25, 0.3) is 0 Å². The van der Waals surface area contributed by atoms with Crippen LogP contribution in [0.3, 0.4) is 0 Å². The normalized spacial score (nSPS) is 23.5. The van der Waals surface area contributed by atoms with Gasteiger partial charge in [0, 0.05) is 23.5 Å². The third kappa shape index (κ3) is 2.96. The lowest BCUT2D eigenvalue weighted by molar-refractivity contribution is 0.274. The van der Waals surface area contributed by atoms with Crippen molar-refractivity contribution in [3.8, 4) is 5.75 Å². The Morgan fingerprint density at radius 2 is 1.70 bits per heavy atom. The number of ether oxygens (including phenoxy) is 1. The topological polar surface area (TPSA) is 63.6 Å². The molecular formula is C17H17ClO4S. The molecule has 0 spiro atoms. The zero-order valence-electron chi connectivity index (χ0n) is 12.5. The second-order valence-corrected chi connectivity index (χ2v) is 8.15. The Hall–Kier alpha value is -1.56. The van der Waals surface area contributed by atoms with Crippen molar-refractivity contribution in [2.45, 2.75) is 16.1 Å². The van der Waals surface area contributed by atoms with Gasteiger partial charge < -0.3 is 9.84 Å². The fraction of sp³-hybridized carbons (Fsp3) is 0.294. The third-order valence-corrected chi connectivity index (χ3v) is 6.85. The highest BCUT2D eigenvalue weighted by atomic mass is 35.5. The predicted octanol–water partition coefficient (Wildman–Crippen LogP) is 2.90. The number of rotatable bonds is 5. The largest absolute Gasteiger partial charge is 0.497 e. The number of benzene rings is 2. The van der Waals surface area contributed by atoms with Gasteiger partial charge >= 0.3 is 0 Å². The van der Waals surface area contributed by atoms with Gasteiger partial charge in [-0.05, 0) is 42.0 Å². The first-order valence-corrected chi connectivity index (χ1v) is 9.15. The molecule has 1 aliphatic carbocycles. The van der Waals surface area contributed by atoms with Crippen LogP contribution < -0.4 is 4.74 Å². The first-order chi connectivity index (χ1) is 11.0. The maximum atomic E-state index is 12.8. The number of hydrogen-bond acceptors (Lipinski definition) is 4. The van der Waals surface area contributed by atoms with Gasteiger partial charge in [0.2, 0.25) is 0 Å². The first kappa shape index (κ1) is 16.3. The summed E-state index contributed by atoms with van der Waals surface area (Å²) < 4.78 is 30.7. The predicted molar refractivity (Wildman–Crippen MR) is 88.7 cm³/mol. The highest BCUT2D eigenvalue weighted by Crippen LogP contribution is 2.53. The summed E-state index contributed by atoms with van der Waals surface area (Å²) in [4.78, 5) is 0.237. The molecule has 0 aliphatic heterocycles. The molecule has 1 fully saturated rings. The van der Waals surface area contributed by atoms with Crippen molar-refractivity contribution in [3.05, 3.63) is 59.1 Å². The fourth-order valence-corrected chi connectivity index (χ4v) is 5.35. The van der Waals surface area contributed by atoms with E-state index in [0.717, 1.165) is 5.56 Å². The second-order valence-electron chi connectivity index (χ2n) is 5.61. The van der Waals surface area contributed by atoms with Gasteiger partial charge in [-0.3, -0.25) is 0 Å². The molecule has 1 saturated carbocycles. The van der Waals surface area contributed by atoms with E-state index in [1.54, 1.807) is 31.4 Å². The summed E-state index contributed by atoms with van der Waals surface area (Å²) in [6.45, 7) is -0.159. The van der Waals surface area contributed by atoms with Gasteiger partial charge in [-0.2, -0.15) is 0 Å². The molecule has 23 heavy (non-hydrogen) atoms. The molecule has 0 amide bonds. The van der Waals surface area contributed by atoms with E-state index >= 15 is 0 Å². The average molecular weight is 353 g/mol. The second kappa shape index (κ2) is 6.15. The van der Waals surface area contributed by atoms with Crippen LogP contribution in [0.5, 0.6) is 5.75 Å². The van der Waals surface area contributed by atoms with E-state index in [-0.39, 0.29) is 23.3 Å². The lowest BCUT2D eigenvalue weighted by Crippen LogP contribution is -2.11. The van der Waals surface area contributed by atoms with Crippen LogP contribution in [0.15, 0.2) is 53.4 Å². The summed E-state index contributed by atoms with van der Waals surface area (Å²) in [5.74, 6) is 0.225. The smallest absolute Gasteiger partial charge is 0.182 e. The Kier molecular flexibility index (Phi) is 4.36. The lowest BCUT2D eigenvalue weighted by atomic mass is 10.1. The van der Waals surface area contributed by atoms with Crippen molar-refractivity contribution in [1.29, 1.82) is 0 Å². The van der Waals surface area contributed by atoms with E-state index < -0.39 is 15.1 Å². The Morgan fingerprint density at radius 3 is 2.22 bits per heavy atom. The number of methoxy groups -OCH3 is 1. The molecule has 1 N–H and O–H groups in total.